The topological polar surface area (TPSA) is 87.1 Å². The zero-order valence-electron chi connectivity index (χ0n) is 8.13. The van der Waals surface area contributed by atoms with Gasteiger partial charge < -0.3 is 14.9 Å². The van der Waals surface area contributed by atoms with Crippen LogP contribution in [0.25, 0.3) is 0 Å². The second-order valence-corrected chi connectivity index (χ2v) is 3.27. The largest absolute Gasteiger partial charge is 0.480 e. The number of rotatable bonds is 4. The molecule has 0 aromatic carbocycles. The van der Waals surface area contributed by atoms with Crippen molar-refractivity contribution in [2.75, 3.05) is 13.2 Å². The van der Waals surface area contributed by atoms with Crippen LogP contribution >= 0.6 is 0 Å². The van der Waals surface area contributed by atoms with Crippen molar-refractivity contribution >= 4 is 12.1 Å². The smallest absolute Gasteiger partial charge is 0.408 e. The van der Waals surface area contributed by atoms with Crippen molar-refractivity contribution < 1.29 is 24.5 Å². The normalized spacial score (nSPS) is 25.2. The number of aliphatic carboxylic acids is 1. The van der Waals surface area contributed by atoms with Gasteiger partial charge >= 0.3 is 12.1 Å². The van der Waals surface area contributed by atoms with E-state index in [0.717, 1.165) is 4.90 Å². The average Bonchev–Trinajstić information content (AvgIpc) is 2.58. The number of nitrogens with zero attached hydrogens (tertiary/aromatic N) is 1. The Labute approximate surface area is 86.7 Å². The van der Waals surface area contributed by atoms with Crippen molar-refractivity contribution in [1.29, 1.82) is 0 Å². The lowest BCUT2D eigenvalue weighted by atomic mass is 10.2. The first-order valence-electron chi connectivity index (χ1n) is 4.51. The van der Waals surface area contributed by atoms with Gasteiger partial charge in [-0.05, 0) is 0 Å². The molecule has 1 fully saturated rings. The zero-order chi connectivity index (χ0) is 11.4. The number of likely N-dealkylation sites (tertiary alicyclic amines) is 1. The molecule has 0 bridgehead atoms. The minimum Gasteiger partial charge on any atom is -0.480 e. The molecule has 0 aromatic rings. The summed E-state index contributed by atoms with van der Waals surface area (Å²) in [5, 5.41) is 17.6. The second kappa shape index (κ2) is 4.79. The standard InChI is InChI=1S/C9H13NO5/c1-2-3-15-6-4-7(8(11)12)10(5-6)9(13)14/h2,6-7H,1,3-5H2,(H,11,12)(H,13,14)/t6?,7-/m0/s1. The third-order valence-electron chi connectivity index (χ3n) is 2.24. The van der Waals surface area contributed by atoms with E-state index in [-0.39, 0.29) is 19.1 Å². The van der Waals surface area contributed by atoms with Crippen molar-refractivity contribution in [2.45, 2.75) is 18.6 Å². The molecule has 0 saturated carbocycles. The van der Waals surface area contributed by atoms with Crippen LogP contribution in [0.3, 0.4) is 0 Å². The number of ether oxygens (including phenoxy) is 1. The molecule has 0 aliphatic carbocycles. The van der Waals surface area contributed by atoms with Gasteiger partial charge in [-0.3, -0.25) is 4.90 Å². The fourth-order valence-corrected chi connectivity index (χ4v) is 1.57. The lowest BCUT2D eigenvalue weighted by Crippen LogP contribution is -2.39. The molecule has 1 saturated heterocycles. The molecular formula is C9H13NO5. The molecule has 1 aliphatic rings. The molecular weight excluding hydrogens is 202 g/mol. The van der Waals surface area contributed by atoms with E-state index in [1.807, 2.05) is 0 Å². The highest BCUT2D eigenvalue weighted by molar-refractivity contribution is 5.80. The summed E-state index contributed by atoms with van der Waals surface area (Å²) >= 11 is 0. The molecule has 2 N–H and O–H groups in total. The summed E-state index contributed by atoms with van der Waals surface area (Å²) in [5.41, 5.74) is 0. The van der Waals surface area contributed by atoms with Crippen LogP contribution in [0.1, 0.15) is 6.42 Å². The first kappa shape index (κ1) is 11.5. The lowest BCUT2D eigenvalue weighted by Gasteiger charge is -2.16. The van der Waals surface area contributed by atoms with E-state index in [1.165, 1.54) is 0 Å². The van der Waals surface area contributed by atoms with Crippen LogP contribution in [-0.2, 0) is 9.53 Å². The van der Waals surface area contributed by atoms with Gasteiger partial charge in [0.2, 0.25) is 0 Å². The molecule has 6 nitrogen and oxygen atoms in total. The predicted molar refractivity (Wildman–Crippen MR) is 50.7 cm³/mol. The van der Waals surface area contributed by atoms with Gasteiger partial charge in [-0.1, -0.05) is 6.08 Å². The maximum absolute atomic E-state index is 10.8. The Morgan fingerprint density at radius 1 is 1.53 bits per heavy atom. The van der Waals surface area contributed by atoms with Gasteiger partial charge in [-0.2, -0.15) is 0 Å². The van der Waals surface area contributed by atoms with Crippen LogP contribution < -0.4 is 0 Å². The van der Waals surface area contributed by atoms with Crippen LogP contribution in [0.15, 0.2) is 12.7 Å². The zero-order valence-corrected chi connectivity index (χ0v) is 8.13. The molecule has 15 heavy (non-hydrogen) atoms. The van der Waals surface area contributed by atoms with Gasteiger partial charge in [0.1, 0.15) is 6.04 Å². The Balaban J connectivity index is 2.60. The van der Waals surface area contributed by atoms with E-state index in [2.05, 4.69) is 6.58 Å². The fourth-order valence-electron chi connectivity index (χ4n) is 1.57. The average molecular weight is 215 g/mol. The quantitative estimate of drug-likeness (QED) is 0.662. The Bertz CT molecular complexity index is 256. The highest BCUT2D eigenvalue weighted by atomic mass is 16.5. The maximum atomic E-state index is 10.8. The van der Waals surface area contributed by atoms with Crippen LogP contribution in [0.5, 0.6) is 0 Å². The van der Waals surface area contributed by atoms with Crippen molar-refractivity contribution in [2.24, 2.45) is 0 Å². The number of carbonyl (C=O) groups is 2. The minimum atomic E-state index is -1.23. The molecule has 1 aliphatic heterocycles. The molecule has 6 heteroatoms. The molecule has 1 rings (SSSR count). The van der Waals surface area contributed by atoms with Crippen molar-refractivity contribution in [1.82, 2.24) is 4.90 Å². The Morgan fingerprint density at radius 2 is 2.20 bits per heavy atom. The van der Waals surface area contributed by atoms with Gasteiger partial charge in [0.25, 0.3) is 0 Å². The first-order valence-corrected chi connectivity index (χ1v) is 4.51. The lowest BCUT2D eigenvalue weighted by molar-refractivity contribution is -0.141. The van der Waals surface area contributed by atoms with E-state index < -0.39 is 18.1 Å². The van der Waals surface area contributed by atoms with E-state index in [1.54, 1.807) is 6.08 Å². The summed E-state index contributed by atoms with van der Waals surface area (Å²) < 4.78 is 5.23. The molecule has 2 atom stereocenters. The summed E-state index contributed by atoms with van der Waals surface area (Å²) in [4.78, 5) is 22.4. The Morgan fingerprint density at radius 3 is 2.60 bits per heavy atom. The molecule has 0 radical (unpaired) electrons. The molecule has 0 aromatic heterocycles. The summed E-state index contributed by atoms with van der Waals surface area (Å²) in [6.45, 7) is 3.85. The Kier molecular flexibility index (Phi) is 3.68. The maximum Gasteiger partial charge on any atom is 0.408 e. The number of hydrogen-bond acceptors (Lipinski definition) is 3. The van der Waals surface area contributed by atoms with Crippen LogP contribution in [0.4, 0.5) is 4.79 Å². The minimum absolute atomic E-state index is 0.0974. The van der Waals surface area contributed by atoms with Gasteiger partial charge in [0.15, 0.2) is 0 Å². The third kappa shape index (κ3) is 2.69. The Hall–Kier alpha value is -1.56. The molecule has 1 heterocycles. The van der Waals surface area contributed by atoms with Crippen molar-refractivity contribution in [3.63, 3.8) is 0 Å². The van der Waals surface area contributed by atoms with Crippen molar-refractivity contribution in [3.8, 4) is 0 Å². The highest BCUT2D eigenvalue weighted by Gasteiger charge is 2.40. The number of carboxylic acids is 1. The summed E-state index contributed by atoms with van der Waals surface area (Å²) in [6, 6.07) is -1.00. The van der Waals surface area contributed by atoms with E-state index in [4.69, 9.17) is 14.9 Å². The second-order valence-electron chi connectivity index (χ2n) is 3.27. The molecule has 1 unspecified atom stereocenters. The summed E-state index contributed by atoms with van der Waals surface area (Å²) in [6.07, 6.45) is 0.140. The van der Waals surface area contributed by atoms with Crippen LogP contribution in [-0.4, -0.2) is 52.5 Å². The van der Waals surface area contributed by atoms with E-state index >= 15 is 0 Å². The fraction of sp³-hybridized carbons (Fsp3) is 0.556. The number of amides is 1. The van der Waals surface area contributed by atoms with E-state index in [9.17, 15) is 9.59 Å². The van der Waals surface area contributed by atoms with Gasteiger partial charge in [-0.25, -0.2) is 9.59 Å². The summed E-state index contributed by atoms with van der Waals surface area (Å²) in [5.74, 6) is -1.14. The first-order chi connectivity index (χ1) is 7.06. The van der Waals surface area contributed by atoms with Gasteiger partial charge in [-0.15, -0.1) is 6.58 Å². The van der Waals surface area contributed by atoms with E-state index in [0.29, 0.717) is 6.61 Å². The number of hydrogen-bond donors (Lipinski definition) is 2. The highest BCUT2D eigenvalue weighted by Crippen LogP contribution is 2.20. The molecule has 0 spiro atoms. The number of carboxylic acid groups (broad SMARTS) is 2. The molecule has 84 valence electrons. The third-order valence-corrected chi connectivity index (χ3v) is 2.24. The molecule has 1 amide bonds. The van der Waals surface area contributed by atoms with Crippen LogP contribution in [0.2, 0.25) is 0 Å². The monoisotopic (exact) mass is 215 g/mol. The van der Waals surface area contributed by atoms with Gasteiger partial charge in [0.05, 0.1) is 19.3 Å². The van der Waals surface area contributed by atoms with Crippen molar-refractivity contribution in [3.05, 3.63) is 12.7 Å². The predicted octanol–water partition coefficient (Wildman–Crippen LogP) is 0.394. The van der Waals surface area contributed by atoms with Gasteiger partial charge in [0, 0.05) is 6.42 Å². The van der Waals surface area contributed by atoms with Crippen LogP contribution in [0, 0.1) is 0 Å². The SMILES string of the molecule is C=CCOC1C[C@@H](C(=O)O)N(C(=O)O)C1. The summed E-state index contributed by atoms with van der Waals surface area (Å²) in [7, 11) is 0.